The van der Waals surface area contributed by atoms with E-state index < -0.39 is 23.2 Å². The molecule has 0 aliphatic carbocycles. The van der Waals surface area contributed by atoms with E-state index in [-0.39, 0.29) is 23.0 Å². The van der Waals surface area contributed by atoms with Gasteiger partial charge >= 0.3 is 6.18 Å². The van der Waals surface area contributed by atoms with Crippen LogP contribution in [0, 0.1) is 0 Å². The average Bonchev–Trinajstić information content (AvgIpc) is 2.60. The molecule has 0 aliphatic heterocycles. The van der Waals surface area contributed by atoms with Crippen LogP contribution in [0.3, 0.4) is 0 Å². The maximum atomic E-state index is 13.2. The molecule has 0 saturated carbocycles. The van der Waals surface area contributed by atoms with Gasteiger partial charge < -0.3 is 9.74 Å². The fraction of sp³-hybridized carbons (Fsp3) is 0.235. The van der Waals surface area contributed by atoms with Crippen molar-refractivity contribution in [1.82, 2.24) is 9.88 Å². The van der Waals surface area contributed by atoms with Crippen molar-refractivity contribution in [3.05, 3.63) is 63.4 Å². The molecule has 0 fully saturated rings. The number of halogens is 5. The van der Waals surface area contributed by atoms with E-state index in [0.717, 1.165) is 17.0 Å². The van der Waals surface area contributed by atoms with Crippen molar-refractivity contribution in [3.63, 3.8) is 0 Å². The third-order valence-corrected chi connectivity index (χ3v) is 3.97. The summed E-state index contributed by atoms with van der Waals surface area (Å²) in [5, 5.41) is 4.24. The lowest BCUT2D eigenvalue weighted by molar-refractivity contribution is -0.138. The van der Waals surface area contributed by atoms with Crippen LogP contribution < -0.4 is 0 Å². The second-order valence-corrected chi connectivity index (χ2v) is 6.25. The molecule has 27 heavy (non-hydrogen) atoms. The lowest BCUT2D eigenvalue weighted by atomic mass is 10.1. The Bertz CT molecular complexity index is 873. The quantitative estimate of drug-likeness (QED) is 0.528. The highest BCUT2D eigenvalue weighted by Gasteiger charge is 2.35. The van der Waals surface area contributed by atoms with Gasteiger partial charge in [-0.15, -0.1) is 0 Å². The molecule has 0 bridgehead atoms. The molecule has 0 aliphatic rings. The first kappa shape index (κ1) is 21.0. The number of carbonyl (C=O) groups is 1. The minimum absolute atomic E-state index is 0.152. The lowest BCUT2D eigenvalue weighted by Crippen LogP contribution is -2.34. The minimum Gasteiger partial charge on any atom is -0.399 e. The van der Waals surface area contributed by atoms with E-state index in [1.54, 1.807) is 0 Å². The van der Waals surface area contributed by atoms with E-state index in [1.807, 2.05) is 0 Å². The number of oxime groups is 1. The Morgan fingerprint density at radius 3 is 2.56 bits per heavy atom. The van der Waals surface area contributed by atoms with Crippen LogP contribution in [-0.4, -0.2) is 42.2 Å². The summed E-state index contributed by atoms with van der Waals surface area (Å²) >= 11 is 11.9. The molecule has 0 saturated heterocycles. The smallest absolute Gasteiger partial charge is 0.399 e. The van der Waals surface area contributed by atoms with Crippen LogP contribution in [0.2, 0.25) is 10.0 Å². The molecule has 0 N–H and O–H groups in total. The van der Waals surface area contributed by atoms with Crippen molar-refractivity contribution in [2.24, 2.45) is 5.16 Å². The van der Waals surface area contributed by atoms with Crippen molar-refractivity contribution in [1.29, 1.82) is 0 Å². The Morgan fingerprint density at radius 1 is 1.30 bits per heavy atom. The first-order chi connectivity index (χ1) is 12.6. The van der Waals surface area contributed by atoms with Crippen LogP contribution in [-0.2, 0) is 11.0 Å². The molecule has 1 aromatic carbocycles. The fourth-order valence-corrected chi connectivity index (χ4v) is 2.79. The Hall–Kier alpha value is -2.32. The minimum atomic E-state index is -4.66. The Kier molecular flexibility index (Phi) is 6.67. The molecule has 1 amide bonds. The molecule has 144 valence electrons. The predicted octanol–water partition coefficient (Wildman–Crippen LogP) is 4.53. The van der Waals surface area contributed by atoms with Crippen LogP contribution in [0.4, 0.5) is 13.2 Å². The van der Waals surface area contributed by atoms with Gasteiger partial charge in [-0.3, -0.25) is 9.78 Å². The summed E-state index contributed by atoms with van der Waals surface area (Å²) in [7, 11) is 2.62. The van der Waals surface area contributed by atoms with Crippen LogP contribution in [0.15, 0.2) is 41.7 Å². The van der Waals surface area contributed by atoms with Gasteiger partial charge in [0.05, 0.1) is 27.7 Å². The van der Waals surface area contributed by atoms with Crippen molar-refractivity contribution in [2.45, 2.75) is 6.18 Å². The largest absolute Gasteiger partial charge is 0.417 e. The molecule has 5 nitrogen and oxygen atoms in total. The third-order valence-electron chi connectivity index (χ3n) is 3.48. The second-order valence-electron chi connectivity index (χ2n) is 5.41. The third kappa shape index (κ3) is 5.11. The van der Waals surface area contributed by atoms with Gasteiger partial charge in [-0.05, 0) is 18.2 Å². The van der Waals surface area contributed by atoms with Crippen molar-refractivity contribution >= 4 is 34.8 Å². The molecule has 0 unspecified atom stereocenters. The number of likely N-dealkylation sites (N-methyl/N-ethyl adjacent to an activating group) is 1. The van der Waals surface area contributed by atoms with Crippen molar-refractivity contribution in [3.8, 4) is 0 Å². The molecule has 2 rings (SSSR count). The summed E-state index contributed by atoms with van der Waals surface area (Å²) in [6, 6.07) is 5.97. The number of carbonyl (C=O) groups excluding carboxylic acids is 1. The molecule has 0 spiro atoms. The molecular formula is C17H14Cl2F3N3O2. The van der Waals surface area contributed by atoms with Gasteiger partial charge in [0.1, 0.15) is 18.5 Å². The summed E-state index contributed by atoms with van der Waals surface area (Å²) < 4.78 is 39.5. The van der Waals surface area contributed by atoms with Gasteiger partial charge in [-0.25, -0.2) is 0 Å². The van der Waals surface area contributed by atoms with Gasteiger partial charge in [0.15, 0.2) is 0 Å². The van der Waals surface area contributed by atoms with E-state index in [9.17, 15) is 18.0 Å². The Balaban J connectivity index is 2.33. The SMILES string of the molecule is CO/N=C(\CN(C)C(=O)c1ccccc1C(F)(F)F)c1ncc(Cl)cc1Cl. The van der Waals surface area contributed by atoms with Gasteiger partial charge in [0.25, 0.3) is 5.91 Å². The molecule has 10 heteroatoms. The molecule has 1 heterocycles. The summed E-state index contributed by atoms with van der Waals surface area (Å²) in [6.45, 7) is -0.187. The maximum Gasteiger partial charge on any atom is 0.417 e. The van der Waals surface area contributed by atoms with Gasteiger partial charge in [-0.1, -0.05) is 40.5 Å². The van der Waals surface area contributed by atoms with Crippen LogP contribution >= 0.6 is 23.2 Å². The normalized spacial score (nSPS) is 12.0. The van der Waals surface area contributed by atoms with E-state index >= 15 is 0 Å². The molecule has 1 aromatic heterocycles. The maximum absolute atomic E-state index is 13.2. The average molecular weight is 420 g/mol. The van der Waals surface area contributed by atoms with E-state index in [4.69, 9.17) is 28.0 Å². The monoisotopic (exact) mass is 419 g/mol. The highest BCUT2D eigenvalue weighted by molar-refractivity contribution is 6.36. The number of alkyl halides is 3. The number of rotatable bonds is 5. The molecule has 0 radical (unpaired) electrons. The first-order valence-corrected chi connectivity index (χ1v) is 8.24. The number of hydrogen-bond acceptors (Lipinski definition) is 4. The highest BCUT2D eigenvalue weighted by atomic mass is 35.5. The zero-order valence-electron chi connectivity index (χ0n) is 14.2. The van der Waals surface area contributed by atoms with Gasteiger partial charge in [-0.2, -0.15) is 13.2 Å². The summed E-state index contributed by atoms with van der Waals surface area (Å²) in [6.07, 6.45) is -3.33. The lowest BCUT2D eigenvalue weighted by Gasteiger charge is -2.20. The second kappa shape index (κ2) is 8.58. The van der Waals surface area contributed by atoms with Gasteiger partial charge in [0, 0.05) is 13.2 Å². The molecule has 0 atom stereocenters. The number of benzene rings is 1. The fourth-order valence-electron chi connectivity index (χ4n) is 2.30. The summed E-state index contributed by atoms with van der Waals surface area (Å²) in [4.78, 5) is 22.4. The molecular weight excluding hydrogens is 406 g/mol. The van der Waals surface area contributed by atoms with E-state index in [2.05, 4.69) is 10.1 Å². The number of pyridine rings is 1. The van der Waals surface area contributed by atoms with Gasteiger partial charge in [0.2, 0.25) is 0 Å². The standard InChI is InChI=1S/C17H14Cl2F3N3O2/c1-25(16(26)11-5-3-4-6-12(11)17(20,21)22)9-14(24-27-2)15-13(19)7-10(18)8-23-15/h3-8H,9H2,1-2H3/b24-14+. The topological polar surface area (TPSA) is 54.8 Å². The van der Waals surface area contributed by atoms with E-state index in [0.29, 0.717) is 5.02 Å². The van der Waals surface area contributed by atoms with Crippen LogP contribution in [0.25, 0.3) is 0 Å². The Morgan fingerprint density at radius 2 is 1.96 bits per heavy atom. The number of aromatic nitrogens is 1. The van der Waals surface area contributed by atoms with Crippen molar-refractivity contribution in [2.75, 3.05) is 20.7 Å². The predicted molar refractivity (Wildman–Crippen MR) is 96.2 cm³/mol. The summed E-state index contributed by atoms with van der Waals surface area (Å²) in [5.41, 5.74) is -1.14. The Labute approximate surface area is 163 Å². The van der Waals surface area contributed by atoms with Crippen LogP contribution in [0.5, 0.6) is 0 Å². The number of hydrogen-bond donors (Lipinski definition) is 0. The number of amides is 1. The molecule has 2 aromatic rings. The van der Waals surface area contributed by atoms with E-state index in [1.165, 1.54) is 38.6 Å². The highest BCUT2D eigenvalue weighted by Crippen LogP contribution is 2.32. The summed E-state index contributed by atoms with van der Waals surface area (Å²) in [5.74, 6) is -0.836. The zero-order chi connectivity index (χ0) is 20.2. The van der Waals surface area contributed by atoms with Crippen molar-refractivity contribution < 1.29 is 22.8 Å². The number of nitrogens with zero attached hydrogens (tertiary/aromatic N) is 3. The first-order valence-electron chi connectivity index (χ1n) is 7.48. The zero-order valence-corrected chi connectivity index (χ0v) is 15.7. The van der Waals surface area contributed by atoms with Crippen LogP contribution in [0.1, 0.15) is 21.6 Å².